The third-order valence-corrected chi connectivity index (χ3v) is 6.31. The van der Waals surface area contributed by atoms with Gasteiger partial charge in [0, 0.05) is 24.2 Å². The molecule has 1 aliphatic rings. The number of hydrogen-bond acceptors (Lipinski definition) is 10. The lowest BCUT2D eigenvalue weighted by Crippen LogP contribution is -2.51. The average Bonchev–Trinajstić information content (AvgIpc) is 3.38. The van der Waals surface area contributed by atoms with E-state index in [1.54, 1.807) is 0 Å². The highest BCUT2D eigenvalue weighted by atomic mass is 19.4. The number of carbonyl (C=O) groups excluding carboxylic acids is 3. The quantitative estimate of drug-likeness (QED) is 0.168. The number of nitrogens with one attached hydrogen (secondary N) is 3. The molecule has 3 aromatic rings. The van der Waals surface area contributed by atoms with Gasteiger partial charge in [-0.1, -0.05) is 6.07 Å². The minimum absolute atomic E-state index is 0.0105. The van der Waals surface area contributed by atoms with Crippen LogP contribution in [0.5, 0.6) is 23.0 Å². The Morgan fingerprint density at radius 1 is 0.711 bits per heavy atom. The molecule has 4 rings (SSSR count). The minimum atomic E-state index is -5.08. The van der Waals surface area contributed by atoms with Crippen molar-refractivity contribution in [3.8, 4) is 23.0 Å². The van der Waals surface area contributed by atoms with Crippen molar-refractivity contribution in [1.82, 2.24) is 16.0 Å². The SMILES string of the molecule is O=C(N[C@H]1CNC[C@@H]1NC(=O)c1cc(O)c(C(=O)c2c(O)cccc2C(=O)O)c(O)c1)c1ccc(O)cc1.O=C(O)C(F)(F)F. The van der Waals surface area contributed by atoms with E-state index in [1.165, 1.54) is 30.3 Å². The van der Waals surface area contributed by atoms with Crippen LogP contribution in [0.15, 0.2) is 54.6 Å². The molecule has 0 spiro atoms. The lowest BCUT2D eigenvalue weighted by Gasteiger charge is -2.21. The number of amides is 2. The number of carbonyl (C=O) groups is 5. The number of hydrogen-bond donors (Lipinski definition) is 9. The predicted octanol–water partition coefficient (Wildman–Crippen LogP) is 1.57. The van der Waals surface area contributed by atoms with Gasteiger partial charge in [0.1, 0.15) is 28.6 Å². The number of rotatable bonds is 7. The Hall–Kier alpha value is -5.84. The van der Waals surface area contributed by atoms with Crippen LogP contribution >= 0.6 is 0 Å². The molecule has 0 unspecified atom stereocenters. The highest BCUT2D eigenvalue weighted by molar-refractivity contribution is 6.18. The van der Waals surface area contributed by atoms with Crippen molar-refractivity contribution in [1.29, 1.82) is 0 Å². The summed E-state index contributed by atoms with van der Waals surface area (Å²) in [5.74, 6) is -8.81. The summed E-state index contributed by atoms with van der Waals surface area (Å²) in [7, 11) is 0. The van der Waals surface area contributed by atoms with Gasteiger partial charge in [0.15, 0.2) is 0 Å². The second kappa shape index (κ2) is 13.6. The van der Waals surface area contributed by atoms with Gasteiger partial charge in [0.05, 0.1) is 23.2 Å². The second-order valence-corrected chi connectivity index (χ2v) is 9.39. The van der Waals surface area contributed by atoms with Gasteiger partial charge in [0.25, 0.3) is 11.8 Å². The summed E-state index contributed by atoms with van der Waals surface area (Å²) >= 11 is 0. The fourth-order valence-electron chi connectivity index (χ4n) is 4.16. The molecule has 9 N–H and O–H groups in total. The smallest absolute Gasteiger partial charge is 0.490 e. The monoisotopic (exact) mass is 635 g/mol. The number of halogens is 3. The number of phenolic OH excluding ortho intramolecular Hbond substituents is 4. The first kappa shape index (κ1) is 33.7. The van der Waals surface area contributed by atoms with Crippen LogP contribution in [-0.4, -0.2) is 91.5 Å². The second-order valence-electron chi connectivity index (χ2n) is 9.39. The van der Waals surface area contributed by atoms with Crippen molar-refractivity contribution < 1.29 is 67.8 Å². The Kier molecular flexibility index (Phi) is 10.2. The topological polar surface area (TPSA) is 243 Å². The molecule has 2 amide bonds. The first-order chi connectivity index (χ1) is 21.0. The zero-order valence-electron chi connectivity index (χ0n) is 22.6. The maximum absolute atomic E-state index is 13.0. The molecule has 0 aromatic heterocycles. The van der Waals surface area contributed by atoms with E-state index in [2.05, 4.69) is 16.0 Å². The van der Waals surface area contributed by atoms with Crippen LogP contribution in [0.3, 0.4) is 0 Å². The third kappa shape index (κ3) is 8.17. The molecule has 0 saturated carbocycles. The Morgan fingerprint density at radius 3 is 1.67 bits per heavy atom. The van der Waals surface area contributed by atoms with Crippen LogP contribution in [0.25, 0.3) is 0 Å². The van der Waals surface area contributed by atoms with Crippen molar-refractivity contribution in [2.45, 2.75) is 18.3 Å². The molecule has 1 fully saturated rings. The largest absolute Gasteiger partial charge is 0.508 e. The van der Waals surface area contributed by atoms with Crippen molar-refractivity contribution in [3.63, 3.8) is 0 Å². The summed E-state index contributed by atoms with van der Waals surface area (Å²) in [4.78, 5) is 58.8. The summed E-state index contributed by atoms with van der Waals surface area (Å²) < 4.78 is 31.7. The van der Waals surface area contributed by atoms with Gasteiger partial charge in [-0.25, -0.2) is 9.59 Å². The van der Waals surface area contributed by atoms with Gasteiger partial charge in [-0.15, -0.1) is 0 Å². The highest BCUT2D eigenvalue weighted by Crippen LogP contribution is 2.34. The summed E-state index contributed by atoms with van der Waals surface area (Å²) in [6, 6.07) is 9.82. The van der Waals surface area contributed by atoms with E-state index in [9.17, 15) is 57.9 Å². The lowest BCUT2D eigenvalue weighted by molar-refractivity contribution is -0.192. The van der Waals surface area contributed by atoms with Gasteiger partial charge in [-0.3, -0.25) is 14.4 Å². The van der Waals surface area contributed by atoms with Crippen LogP contribution < -0.4 is 16.0 Å². The zero-order valence-corrected chi connectivity index (χ0v) is 22.6. The molecule has 238 valence electrons. The third-order valence-electron chi connectivity index (χ3n) is 6.31. The molecule has 3 aromatic carbocycles. The van der Waals surface area contributed by atoms with Gasteiger partial charge >= 0.3 is 18.1 Å². The number of aromatic carboxylic acids is 1. The Morgan fingerprint density at radius 2 is 1.20 bits per heavy atom. The van der Waals surface area contributed by atoms with Crippen LogP contribution in [0, 0.1) is 0 Å². The van der Waals surface area contributed by atoms with E-state index in [0.717, 1.165) is 24.3 Å². The van der Waals surface area contributed by atoms with Crippen LogP contribution in [0.1, 0.15) is 47.0 Å². The van der Waals surface area contributed by atoms with Crippen LogP contribution in [-0.2, 0) is 4.79 Å². The molecule has 0 bridgehead atoms. The average molecular weight is 636 g/mol. The first-order valence-corrected chi connectivity index (χ1v) is 12.6. The van der Waals surface area contributed by atoms with Crippen LogP contribution in [0.4, 0.5) is 13.2 Å². The standard InChI is InChI=1S/C26H23N3O9.C2HF3O2/c30-14-6-4-12(5-7-14)24(35)28-16-10-27-11-17(16)29-25(36)13-8-19(32)22(20(33)9-13)23(34)21-15(26(37)38)2-1-3-18(21)31;3-2(4,5)1(6)7/h1-9,16-17,27,30-33H,10-11H2,(H,28,35)(H,29,36)(H,37,38);(H,6,7)/t16-,17-;/m0./s1. The lowest BCUT2D eigenvalue weighted by atomic mass is 9.95. The van der Waals surface area contributed by atoms with E-state index in [-0.39, 0.29) is 11.3 Å². The van der Waals surface area contributed by atoms with Crippen molar-refractivity contribution in [3.05, 3.63) is 82.4 Å². The maximum atomic E-state index is 13.0. The molecule has 1 aliphatic heterocycles. The Balaban J connectivity index is 0.000000707. The van der Waals surface area contributed by atoms with Gasteiger partial charge in [-0.05, 0) is 48.5 Å². The van der Waals surface area contributed by atoms with Crippen molar-refractivity contribution in [2.24, 2.45) is 0 Å². The maximum Gasteiger partial charge on any atom is 0.490 e. The number of benzene rings is 3. The van der Waals surface area contributed by atoms with E-state index in [1.807, 2.05) is 0 Å². The summed E-state index contributed by atoms with van der Waals surface area (Å²) in [6.45, 7) is 0.664. The van der Waals surface area contributed by atoms with E-state index in [4.69, 9.17) is 9.90 Å². The minimum Gasteiger partial charge on any atom is -0.508 e. The highest BCUT2D eigenvalue weighted by Gasteiger charge is 2.38. The molecule has 0 radical (unpaired) electrons. The van der Waals surface area contributed by atoms with E-state index < -0.39 is 81.7 Å². The zero-order chi connectivity index (χ0) is 33.6. The summed E-state index contributed by atoms with van der Waals surface area (Å²) in [6.07, 6.45) is -5.08. The number of carboxylic acid groups (broad SMARTS) is 2. The number of aromatic hydroxyl groups is 4. The van der Waals surface area contributed by atoms with Gasteiger partial charge in [-0.2, -0.15) is 13.2 Å². The molecule has 14 nitrogen and oxygen atoms in total. The molecule has 45 heavy (non-hydrogen) atoms. The van der Waals surface area contributed by atoms with Crippen LogP contribution in [0.2, 0.25) is 0 Å². The fourth-order valence-corrected chi connectivity index (χ4v) is 4.16. The number of phenols is 4. The Labute approximate surface area is 250 Å². The Bertz CT molecular complexity index is 1620. The molecule has 1 heterocycles. The molecule has 17 heteroatoms. The first-order valence-electron chi connectivity index (χ1n) is 12.6. The van der Waals surface area contributed by atoms with E-state index >= 15 is 0 Å². The molecule has 1 saturated heterocycles. The fraction of sp³-hybridized carbons (Fsp3) is 0.179. The summed E-state index contributed by atoms with van der Waals surface area (Å²) in [5.41, 5.74) is -1.75. The summed E-state index contributed by atoms with van der Waals surface area (Å²) in [5, 5.41) is 65.4. The van der Waals surface area contributed by atoms with Gasteiger partial charge < -0.3 is 46.6 Å². The molecule has 0 aliphatic carbocycles. The number of alkyl halides is 3. The number of ketones is 1. The molecule has 2 atom stereocenters. The number of carboxylic acids is 2. The van der Waals surface area contributed by atoms with Crippen molar-refractivity contribution in [2.75, 3.05) is 13.1 Å². The number of aliphatic carboxylic acids is 1. The normalized spacial score (nSPS) is 15.7. The molecular weight excluding hydrogens is 611 g/mol. The molecular formula is C28H24F3N3O11. The predicted molar refractivity (Wildman–Crippen MR) is 145 cm³/mol. The van der Waals surface area contributed by atoms with Crippen molar-refractivity contribution >= 4 is 29.5 Å². The van der Waals surface area contributed by atoms with E-state index in [0.29, 0.717) is 18.7 Å². The van der Waals surface area contributed by atoms with Gasteiger partial charge in [0.2, 0.25) is 5.78 Å².